The molecule has 2 heterocycles. The zero-order chi connectivity index (χ0) is 18.4. The van der Waals surface area contributed by atoms with Gasteiger partial charge in [0.05, 0.1) is 25.5 Å². The van der Waals surface area contributed by atoms with Gasteiger partial charge >= 0.3 is 0 Å². The standard InChI is InChI=1S/C19H24N4O3/c1-25-15-7-8-17(26-2)16(11-15)22-19-20-12-14(13-21-19)18(24)23-9-5-3-4-6-10-23/h7-8,11-13H,3-6,9-10H2,1-2H3,(H,20,21,22). The van der Waals surface area contributed by atoms with Gasteiger partial charge in [-0.3, -0.25) is 4.79 Å². The molecule has 26 heavy (non-hydrogen) atoms. The van der Waals surface area contributed by atoms with Crippen LogP contribution >= 0.6 is 0 Å². The van der Waals surface area contributed by atoms with Gasteiger partial charge in [0.2, 0.25) is 5.95 Å². The molecule has 7 heteroatoms. The zero-order valence-corrected chi connectivity index (χ0v) is 15.2. The number of hydrogen-bond acceptors (Lipinski definition) is 6. The van der Waals surface area contributed by atoms with Crippen LogP contribution in [0.25, 0.3) is 0 Å². The molecule has 1 saturated heterocycles. The van der Waals surface area contributed by atoms with Gasteiger partial charge < -0.3 is 19.7 Å². The first kappa shape index (κ1) is 18.0. The van der Waals surface area contributed by atoms with Gasteiger partial charge in [-0.05, 0) is 25.0 Å². The summed E-state index contributed by atoms with van der Waals surface area (Å²) in [6.45, 7) is 1.61. The quantitative estimate of drug-likeness (QED) is 0.886. The van der Waals surface area contributed by atoms with Crippen molar-refractivity contribution >= 4 is 17.5 Å². The Labute approximate surface area is 153 Å². The van der Waals surface area contributed by atoms with E-state index in [1.165, 1.54) is 12.8 Å². The van der Waals surface area contributed by atoms with Crippen LogP contribution < -0.4 is 14.8 Å². The number of likely N-dealkylation sites (tertiary alicyclic amines) is 1. The number of nitrogens with one attached hydrogen (secondary N) is 1. The van der Waals surface area contributed by atoms with E-state index < -0.39 is 0 Å². The summed E-state index contributed by atoms with van der Waals surface area (Å²) in [6.07, 6.45) is 7.62. The van der Waals surface area contributed by atoms with E-state index in [1.807, 2.05) is 11.0 Å². The molecule has 0 radical (unpaired) electrons. The van der Waals surface area contributed by atoms with Crippen molar-refractivity contribution in [2.24, 2.45) is 0 Å². The second kappa shape index (κ2) is 8.51. The van der Waals surface area contributed by atoms with Crippen molar-refractivity contribution in [3.8, 4) is 11.5 Å². The number of anilines is 2. The number of carbonyl (C=O) groups is 1. The van der Waals surface area contributed by atoms with Crippen molar-refractivity contribution in [3.63, 3.8) is 0 Å². The smallest absolute Gasteiger partial charge is 0.256 e. The summed E-state index contributed by atoms with van der Waals surface area (Å²) in [5.41, 5.74) is 1.20. The number of hydrogen-bond donors (Lipinski definition) is 1. The predicted molar refractivity (Wildman–Crippen MR) is 99.2 cm³/mol. The van der Waals surface area contributed by atoms with Crippen LogP contribution in [0.3, 0.4) is 0 Å². The Morgan fingerprint density at radius 1 is 1.04 bits per heavy atom. The highest BCUT2D eigenvalue weighted by atomic mass is 16.5. The molecule has 138 valence electrons. The fourth-order valence-electron chi connectivity index (χ4n) is 2.99. The Balaban J connectivity index is 1.72. The van der Waals surface area contributed by atoms with Crippen LogP contribution in [0.15, 0.2) is 30.6 Å². The highest BCUT2D eigenvalue weighted by Gasteiger charge is 2.18. The molecule has 0 aliphatic carbocycles. The molecule has 0 unspecified atom stereocenters. The van der Waals surface area contributed by atoms with Gasteiger partial charge in [0.25, 0.3) is 5.91 Å². The van der Waals surface area contributed by atoms with Gasteiger partial charge in [-0.25, -0.2) is 9.97 Å². The van der Waals surface area contributed by atoms with Crippen molar-refractivity contribution in [1.29, 1.82) is 0 Å². The Hall–Kier alpha value is -2.83. The number of amides is 1. The number of aromatic nitrogens is 2. The van der Waals surface area contributed by atoms with Gasteiger partial charge in [-0.2, -0.15) is 0 Å². The number of ether oxygens (including phenoxy) is 2. The summed E-state index contributed by atoms with van der Waals surface area (Å²) in [7, 11) is 3.20. The van der Waals surface area contributed by atoms with E-state index in [2.05, 4.69) is 15.3 Å². The van der Waals surface area contributed by atoms with Gasteiger partial charge in [0.15, 0.2) is 0 Å². The number of carbonyl (C=O) groups excluding carboxylic acids is 1. The molecule has 2 aromatic rings. The van der Waals surface area contributed by atoms with Gasteiger partial charge in [-0.1, -0.05) is 12.8 Å². The molecule has 0 atom stereocenters. The van der Waals surface area contributed by atoms with E-state index >= 15 is 0 Å². The third-order valence-corrected chi connectivity index (χ3v) is 4.45. The van der Waals surface area contributed by atoms with Crippen LogP contribution in [-0.2, 0) is 0 Å². The largest absolute Gasteiger partial charge is 0.497 e. The highest BCUT2D eigenvalue weighted by molar-refractivity contribution is 5.93. The molecule has 0 saturated carbocycles. The lowest BCUT2D eigenvalue weighted by atomic mass is 10.2. The monoisotopic (exact) mass is 356 g/mol. The molecule has 1 aromatic carbocycles. The van der Waals surface area contributed by atoms with Crippen LogP contribution in [0.1, 0.15) is 36.0 Å². The maximum atomic E-state index is 12.6. The second-order valence-corrected chi connectivity index (χ2v) is 6.19. The van der Waals surface area contributed by atoms with E-state index in [9.17, 15) is 4.79 Å². The Morgan fingerprint density at radius 3 is 2.35 bits per heavy atom. The SMILES string of the molecule is COc1ccc(OC)c(Nc2ncc(C(=O)N3CCCCCC3)cn2)c1. The average molecular weight is 356 g/mol. The van der Waals surface area contributed by atoms with E-state index in [1.54, 1.807) is 38.7 Å². The highest BCUT2D eigenvalue weighted by Crippen LogP contribution is 2.30. The summed E-state index contributed by atoms with van der Waals surface area (Å²) in [6, 6.07) is 5.42. The summed E-state index contributed by atoms with van der Waals surface area (Å²) in [5.74, 6) is 1.74. The predicted octanol–water partition coefficient (Wildman–Crippen LogP) is 3.25. The molecule has 1 aliphatic rings. The van der Waals surface area contributed by atoms with Crippen molar-refractivity contribution in [2.75, 3.05) is 32.6 Å². The molecule has 3 rings (SSSR count). The first-order valence-corrected chi connectivity index (χ1v) is 8.81. The fraction of sp³-hybridized carbons (Fsp3) is 0.421. The zero-order valence-electron chi connectivity index (χ0n) is 15.2. The lowest BCUT2D eigenvalue weighted by molar-refractivity contribution is 0.0761. The summed E-state index contributed by atoms with van der Waals surface area (Å²) < 4.78 is 10.6. The summed E-state index contributed by atoms with van der Waals surface area (Å²) in [5, 5.41) is 3.10. The molecule has 1 aromatic heterocycles. The molecule has 0 spiro atoms. The lowest BCUT2D eigenvalue weighted by Crippen LogP contribution is -2.32. The topological polar surface area (TPSA) is 76.6 Å². The van der Waals surface area contributed by atoms with Crippen molar-refractivity contribution in [1.82, 2.24) is 14.9 Å². The van der Waals surface area contributed by atoms with Crippen LogP contribution in [0.4, 0.5) is 11.6 Å². The molecule has 7 nitrogen and oxygen atoms in total. The molecular formula is C19H24N4O3. The number of rotatable bonds is 5. The molecule has 1 N–H and O–H groups in total. The lowest BCUT2D eigenvalue weighted by Gasteiger charge is -2.20. The molecule has 0 bridgehead atoms. The van der Waals surface area contributed by atoms with Crippen LogP contribution in [0, 0.1) is 0 Å². The van der Waals surface area contributed by atoms with Gasteiger partial charge in [-0.15, -0.1) is 0 Å². The maximum Gasteiger partial charge on any atom is 0.256 e. The van der Waals surface area contributed by atoms with Crippen molar-refractivity contribution in [2.45, 2.75) is 25.7 Å². The Kier molecular flexibility index (Phi) is 5.88. The fourth-order valence-corrected chi connectivity index (χ4v) is 2.99. The number of benzene rings is 1. The van der Waals surface area contributed by atoms with Crippen LogP contribution in [0.5, 0.6) is 11.5 Å². The first-order chi connectivity index (χ1) is 12.7. The Morgan fingerprint density at radius 2 is 1.73 bits per heavy atom. The van der Waals surface area contributed by atoms with E-state index in [-0.39, 0.29) is 5.91 Å². The second-order valence-electron chi connectivity index (χ2n) is 6.19. The van der Waals surface area contributed by atoms with E-state index in [4.69, 9.17) is 9.47 Å². The number of nitrogens with zero attached hydrogens (tertiary/aromatic N) is 3. The van der Waals surface area contributed by atoms with Crippen molar-refractivity contribution in [3.05, 3.63) is 36.2 Å². The van der Waals surface area contributed by atoms with E-state index in [0.29, 0.717) is 28.7 Å². The average Bonchev–Trinajstić information content (AvgIpc) is 2.97. The third kappa shape index (κ3) is 4.22. The number of methoxy groups -OCH3 is 2. The minimum Gasteiger partial charge on any atom is -0.497 e. The maximum absolute atomic E-state index is 12.6. The Bertz CT molecular complexity index is 741. The van der Waals surface area contributed by atoms with Crippen molar-refractivity contribution < 1.29 is 14.3 Å². The van der Waals surface area contributed by atoms with Crippen LogP contribution in [0.2, 0.25) is 0 Å². The molecule has 1 aliphatic heterocycles. The van der Waals surface area contributed by atoms with Gasteiger partial charge in [0, 0.05) is 31.5 Å². The minimum absolute atomic E-state index is 0.00240. The first-order valence-electron chi connectivity index (χ1n) is 8.81. The van der Waals surface area contributed by atoms with Crippen LogP contribution in [-0.4, -0.2) is 48.1 Å². The summed E-state index contributed by atoms with van der Waals surface area (Å²) >= 11 is 0. The van der Waals surface area contributed by atoms with Gasteiger partial charge in [0.1, 0.15) is 11.5 Å². The third-order valence-electron chi connectivity index (χ3n) is 4.45. The minimum atomic E-state index is -0.00240. The molecular weight excluding hydrogens is 332 g/mol. The molecule has 1 amide bonds. The normalized spacial score (nSPS) is 14.5. The summed E-state index contributed by atoms with van der Waals surface area (Å²) in [4.78, 5) is 23.0. The van der Waals surface area contributed by atoms with E-state index in [0.717, 1.165) is 25.9 Å². The molecule has 1 fully saturated rings.